The molecule has 0 saturated carbocycles. The maximum atomic E-state index is 12.6. The predicted octanol–water partition coefficient (Wildman–Crippen LogP) is 4.70. The third-order valence-corrected chi connectivity index (χ3v) is 6.28. The number of alkyl carbamates (subject to hydrolysis) is 1. The van der Waals surface area contributed by atoms with Crippen LogP contribution in [0, 0.1) is 5.92 Å². The normalized spacial score (nSPS) is 14.1. The molecule has 0 bridgehead atoms. The molecule has 182 valence electrons. The van der Waals surface area contributed by atoms with Crippen molar-refractivity contribution in [3.63, 3.8) is 0 Å². The van der Waals surface area contributed by atoms with Gasteiger partial charge in [-0.05, 0) is 34.6 Å². The van der Waals surface area contributed by atoms with Crippen molar-refractivity contribution in [3.05, 3.63) is 59.7 Å². The van der Waals surface area contributed by atoms with Gasteiger partial charge in [-0.2, -0.15) is 0 Å². The van der Waals surface area contributed by atoms with Crippen LogP contribution in [0.15, 0.2) is 48.5 Å². The summed E-state index contributed by atoms with van der Waals surface area (Å²) in [6.45, 7) is 5.92. The van der Waals surface area contributed by atoms with E-state index in [2.05, 4.69) is 34.9 Å². The van der Waals surface area contributed by atoms with Crippen LogP contribution in [0.3, 0.4) is 0 Å². The fraction of sp³-hybridized carbons (Fsp3) is 0.444. The van der Waals surface area contributed by atoms with Gasteiger partial charge in [0.05, 0.1) is 6.42 Å². The van der Waals surface area contributed by atoms with Gasteiger partial charge in [0.1, 0.15) is 6.61 Å². The lowest BCUT2D eigenvalue weighted by Gasteiger charge is -2.23. The Morgan fingerprint density at radius 1 is 0.941 bits per heavy atom. The number of hydrogen-bond donors (Lipinski definition) is 3. The molecule has 0 spiro atoms. The highest BCUT2D eigenvalue weighted by molar-refractivity contribution is 5.80. The Labute approximate surface area is 200 Å². The Morgan fingerprint density at radius 3 is 2.06 bits per heavy atom. The van der Waals surface area contributed by atoms with E-state index in [1.54, 1.807) is 0 Å². The van der Waals surface area contributed by atoms with Crippen LogP contribution in [-0.4, -0.2) is 41.8 Å². The molecule has 2 aromatic carbocycles. The average Bonchev–Trinajstić information content (AvgIpc) is 3.11. The molecule has 2 amide bonds. The van der Waals surface area contributed by atoms with Crippen molar-refractivity contribution in [2.24, 2.45) is 5.92 Å². The molecule has 0 fully saturated rings. The monoisotopic (exact) mass is 466 g/mol. The molecule has 34 heavy (non-hydrogen) atoms. The molecule has 2 atom stereocenters. The summed E-state index contributed by atoms with van der Waals surface area (Å²) in [4.78, 5) is 36.3. The second-order valence-electron chi connectivity index (χ2n) is 9.18. The van der Waals surface area contributed by atoms with Crippen LogP contribution in [0.25, 0.3) is 11.1 Å². The Kier molecular flexibility index (Phi) is 8.68. The minimum atomic E-state index is -0.958. The van der Waals surface area contributed by atoms with Gasteiger partial charge in [-0.1, -0.05) is 75.7 Å². The largest absolute Gasteiger partial charge is 0.481 e. The second-order valence-corrected chi connectivity index (χ2v) is 9.18. The lowest BCUT2D eigenvalue weighted by Crippen LogP contribution is -2.44. The number of carbonyl (C=O) groups is 3. The van der Waals surface area contributed by atoms with Crippen LogP contribution in [0.2, 0.25) is 0 Å². The maximum absolute atomic E-state index is 12.6. The summed E-state index contributed by atoms with van der Waals surface area (Å²) in [6.07, 6.45) is 0.773. The topological polar surface area (TPSA) is 105 Å². The predicted molar refractivity (Wildman–Crippen MR) is 131 cm³/mol. The van der Waals surface area contributed by atoms with Gasteiger partial charge in [0.25, 0.3) is 0 Å². The Morgan fingerprint density at radius 2 is 1.53 bits per heavy atom. The molecule has 3 N–H and O–H groups in total. The first-order valence-electron chi connectivity index (χ1n) is 11.9. The molecule has 0 radical (unpaired) electrons. The number of fused-ring (bicyclic) bond motifs is 3. The fourth-order valence-electron chi connectivity index (χ4n) is 4.51. The number of hydrogen-bond acceptors (Lipinski definition) is 4. The van der Waals surface area contributed by atoms with Crippen LogP contribution in [-0.2, 0) is 14.3 Å². The number of nitrogens with one attached hydrogen (secondary N) is 2. The SMILES string of the molecule is CCC[C@H](CC(=O)N[C@H](CC(=O)O)C(C)C)NC(=O)OCC1c2ccccc2-c2ccccc21. The Bertz CT molecular complexity index is 974. The molecule has 1 aliphatic rings. The first-order chi connectivity index (χ1) is 16.3. The average molecular weight is 467 g/mol. The number of aliphatic carboxylic acids is 1. The Balaban J connectivity index is 1.58. The highest BCUT2D eigenvalue weighted by atomic mass is 16.5. The van der Waals surface area contributed by atoms with Gasteiger partial charge < -0.3 is 20.5 Å². The van der Waals surface area contributed by atoms with E-state index in [-0.39, 0.29) is 37.2 Å². The minimum Gasteiger partial charge on any atom is -0.481 e. The highest BCUT2D eigenvalue weighted by Gasteiger charge is 2.29. The number of carboxylic acids is 1. The number of amides is 2. The third-order valence-electron chi connectivity index (χ3n) is 6.28. The van der Waals surface area contributed by atoms with Crippen LogP contribution in [0.4, 0.5) is 4.79 Å². The molecular weight excluding hydrogens is 432 g/mol. The lowest BCUT2D eigenvalue weighted by molar-refractivity contribution is -0.138. The van der Waals surface area contributed by atoms with E-state index in [0.717, 1.165) is 28.7 Å². The van der Waals surface area contributed by atoms with E-state index in [0.29, 0.717) is 6.42 Å². The van der Waals surface area contributed by atoms with Gasteiger partial charge in [0.2, 0.25) is 5.91 Å². The molecule has 0 aliphatic heterocycles. The Hall–Kier alpha value is -3.35. The van der Waals surface area contributed by atoms with Gasteiger partial charge in [-0.25, -0.2) is 4.79 Å². The fourth-order valence-corrected chi connectivity index (χ4v) is 4.51. The van der Waals surface area contributed by atoms with Crippen LogP contribution in [0.5, 0.6) is 0 Å². The summed E-state index contributed by atoms with van der Waals surface area (Å²) in [5.41, 5.74) is 4.60. The highest BCUT2D eigenvalue weighted by Crippen LogP contribution is 2.44. The van der Waals surface area contributed by atoms with Crippen LogP contribution < -0.4 is 10.6 Å². The molecule has 3 rings (SSSR count). The van der Waals surface area contributed by atoms with Gasteiger partial charge in [-0.15, -0.1) is 0 Å². The van der Waals surface area contributed by atoms with Crippen molar-refractivity contribution in [1.82, 2.24) is 10.6 Å². The van der Waals surface area contributed by atoms with Crippen LogP contribution in [0.1, 0.15) is 63.5 Å². The molecule has 0 unspecified atom stereocenters. The number of carboxylic acid groups (broad SMARTS) is 1. The number of carbonyl (C=O) groups excluding carboxylic acids is 2. The van der Waals surface area contributed by atoms with E-state index in [9.17, 15) is 14.4 Å². The molecule has 0 saturated heterocycles. The molecule has 1 aliphatic carbocycles. The van der Waals surface area contributed by atoms with Gasteiger partial charge in [0, 0.05) is 24.4 Å². The zero-order chi connectivity index (χ0) is 24.7. The van der Waals surface area contributed by atoms with E-state index >= 15 is 0 Å². The minimum absolute atomic E-state index is 0.0141. The van der Waals surface area contributed by atoms with Gasteiger partial charge in [-0.3, -0.25) is 9.59 Å². The molecule has 0 heterocycles. The van der Waals surface area contributed by atoms with Crippen molar-refractivity contribution in [1.29, 1.82) is 0 Å². The third kappa shape index (κ3) is 6.37. The summed E-state index contributed by atoms with van der Waals surface area (Å²) in [5.74, 6) is -1.29. The van der Waals surface area contributed by atoms with E-state index in [4.69, 9.17) is 9.84 Å². The second kappa shape index (κ2) is 11.7. The summed E-state index contributed by atoms with van der Waals surface area (Å²) in [6, 6.07) is 15.4. The molecular formula is C27H34N2O5. The quantitative estimate of drug-likeness (QED) is 0.445. The molecule has 0 aromatic heterocycles. The van der Waals surface area contributed by atoms with Crippen molar-refractivity contribution in [2.75, 3.05) is 6.61 Å². The van der Waals surface area contributed by atoms with Gasteiger partial charge >= 0.3 is 12.1 Å². The molecule has 2 aromatic rings. The first kappa shape index (κ1) is 25.3. The van der Waals surface area contributed by atoms with Crippen molar-refractivity contribution in [2.45, 2.75) is 64.5 Å². The van der Waals surface area contributed by atoms with E-state index in [1.165, 1.54) is 0 Å². The van der Waals surface area contributed by atoms with E-state index in [1.807, 2.05) is 45.0 Å². The smallest absolute Gasteiger partial charge is 0.407 e. The standard InChI is InChI=1S/C27H34N2O5/c1-4-9-18(14-25(30)29-24(17(2)3)15-26(31)32)28-27(33)34-16-23-21-12-7-5-10-19(21)20-11-6-8-13-22(20)23/h5-8,10-13,17-18,23-24H,4,9,14-16H2,1-3H3,(H,28,33)(H,29,30)(H,31,32)/t18-,24-/m1/s1. The van der Waals surface area contributed by atoms with Crippen LogP contribution >= 0.6 is 0 Å². The van der Waals surface area contributed by atoms with E-state index < -0.39 is 24.1 Å². The summed E-state index contributed by atoms with van der Waals surface area (Å²) in [5, 5.41) is 14.7. The van der Waals surface area contributed by atoms with Crippen molar-refractivity contribution in [3.8, 4) is 11.1 Å². The number of rotatable bonds is 11. The molecule has 7 heteroatoms. The number of ether oxygens (including phenoxy) is 1. The summed E-state index contributed by atoms with van der Waals surface area (Å²) >= 11 is 0. The summed E-state index contributed by atoms with van der Waals surface area (Å²) < 4.78 is 5.61. The lowest BCUT2D eigenvalue weighted by atomic mass is 9.98. The molecule has 7 nitrogen and oxygen atoms in total. The first-order valence-corrected chi connectivity index (χ1v) is 11.9. The number of benzene rings is 2. The zero-order valence-electron chi connectivity index (χ0n) is 20.0. The van der Waals surface area contributed by atoms with Crippen molar-refractivity contribution < 1.29 is 24.2 Å². The van der Waals surface area contributed by atoms with Gasteiger partial charge in [0.15, 0.2) is 0 Å². The summed E-state index contributed by atoms with van der Waals surface area (Å²) in [7, 11) is 0. The van der Waals surface area contributed by atoms with Crippen molar-refractivity contribution >= 4 is 18.0 Å². The maximum Gasteiger partial charge on any atom is 0.407 e. The zero-order valence-corrected chi connectivity index (χ0v) is 20.0.